The van der Waals surface area contributed by atoms with Gasteiger partial charge in [0.25, 0.3) is 5.91 Å². The van der Waals surface area contributed by atoms with E-state index < -0.39 is 11.9 Å². The van der Waals surface area contributed by atoms with Crippen molar-refractivity contribution in [2.24, 2.45) is 0 Å². The van der Waals surface area contributed by atoms with Gasteiger partial charge in [-0.05, 0) is 26.0 Å². The van der Waals surface area contributed by atoms with E-state index in [0.29, 0.717) is 13.2 Å². The Morgan fingerprint density at radius 3 is 2.50 bits per heavy atom. The topological polar surface area (TPSA) is 75.6 Å². The lowest BCUT2D eigenvalue weighted by atomic mass is 10.1. The van der Waals surface area contributed by atoms with Crippen LogP contribution in [0.5, 0.6) is 0 Å². The van der Waals surface area contributed by atoms with E-state index in [1.165, 1.54) is 12.1 Å². The molecule has 98 valence electrons. The minimum atomic E-state index is -1.11. The molecule has 0 heterocycles. The van der Waals surface area contributed by atoms with E-state index in [1.807, 2.05) is 13.8 Å². The fourth-order valence-electron chi connectivity index (χ4n) is 1.54. The Hall–Kier alpha value is -1.88. The summed E-state index contributed by atoms with van der Waals surface area (Å²) in [6, 6.07) is 6.11. The highest BCUT2D eigenvalue weighted by molar-refractivity contribution is 6.04. The molecule has 0 spiro atoms. The van der Waals surface area contributed by atoms with Crippen LogP contribution in [0.3, 0.4) is 0 Å². The van der Waals surface area contributed by atoms with Crippen molar-refractivity contribution in [3.63, 3.8) is 0 Å². The molecular weight excluding hydrogens is 234 g/mol. The van der Waals surface area contributed by atoms with Crippen LogP contribution in [0.25, 0.3) is 0 Å². The molecule has 1 aromatic rings. The fourth-order valence-corrected chi connectivity index (χ4v) is 1.54. The van der Waals surface area contributed by atoms with Gasteiger partial charge in [-0.1, -0.05) is 12.1 Å². The smallest absolute Gasteiger partial charge is 0.336 e. The first-order chi connectivity index (χ1) is 8.56. The fraction of sp³-hybridized carbons (Fsp3) is 0.385. The van der Waals surface area contributed by atoms with Crippen molar-refractivity contribution < 1.29 is 19.4 Å². The molecule has 18 heavy (non-hydrogen) atoms. The van der Waals surface area contributed by atoms with Gasteiger partial charge in [0.15, 0.2) is 0 Å². The molecule has 0 saturated heterocycles. The summed E-state index contributed by atoms with van der Waals surface area (Å²) in [5, 5.41) is 11.6. The van der Waals surface area contributed by atoms with Gasteiger partial charge in [0.1, 0.15) is 0 Å². The number of aromatic carboxylic acids is 1. The van der Waals surface area contributed by atoms with E-state index in [2.05, 4.69) is 5.32 Å². The van der Waals surface area contributed by atoms with Crippen LogP contribution in [0.1, 0.15) is 34.6 Å². The number of carbonyl (C=O) groups is 2. The molecular formula is C13H17NO4. The minimum absolute atomic E-state index is 0.000868. The van der Waals surface area contributed by atoms with Gasteiger partial charge < -0.3 is 15.2 Å². The molecule has 0 fully saturated rings. The first kappa shape index (κ1) is 14.2. The molecule has 1 aromatic carbocycles. The van der Waals surface area contributed by atoms with E-state index >= 15 is 0 Å². The van der Waals surface area contributed by atoms with E-state index in [-0.39, 0.29) is 17.2 Å². The number of carboxylic acids is 1. The number of rotatable bonds is 6. The van der Waals surface area contributed by atoms with Crippen molar-refractivity contribution in [1.29, 1.82) is 0 Å². The third-order valence-corrected chi connectivity index (χ3v) is 2.40. The first-order valence-corrected chi connectivity index (χ1v) is 5.78. The number of carbonyl (C=O) groups excluding carboxylic acids is 1. The Balaban J connectivity index is 2.70. The zero-order chi connectivity index (χ0) is 13.5. The van der Waals surface area contributed by atoms with E-state index in [4.69, 9.17) is 9.84 Å². The van der Waals surface area contributed by atoms with Gasteiger partial charge in [0.2, 0.25) is 0 Å². The van der Waals surface area contributed by atoms with Gasteiger partial charge in [0.05, 0.1) is 17.2 Å². The highest BCUT2D eigenvalue weighted by Gasteiger charge is 2.15. The predicted molar refractivity (Wildman–Crippen MR) is 66.8 cm³/mol. The Morgan fingerprint density at radius 2 is 1.94 bits per heavy atom. The van der Waals surface area contributed by atoms with Gasteiger partial charge >= 0.3 is 5.97 Å². The summed E-state index contributed by atoms with van der Waals surface area (Å²) in [7, 11) is 0. The van der Waals surface area contributed by atoms with Crippen LogP contribution in [0.15, 0.2) is 24.3 Å². The normalized spacial score (nSPS) is 11.9. The zero-order valence-corrected chi connectivity index (χ0v) is 10.5. The molecule has 0 aliphatic carbocycles. The molecule has 1 unspecified atom stereocenters. The maximum atomic E-state index is 11.8. The molecule has 0 saturated carbocycles. The summed E-state index contributed by atoms with van der Waals surface area (Å²) in [5.41, 5.74) is 0.160. The van der Waals surface area contributed by atoms with Gasteiger partial charge in [-0.25, -0.2) is 4.79 Å². The summed E-state index contributed by atoms with van der Waals surface area (Å²) in [5.74, 6) is -1.52. The van der Waals surface area contributed by atoms with Crippen LogP contribution in [0, 0.1) is 0 Å². The summed E-state index contributed by atoms with van der Waals surface area (Å²) >= 11 is 0. The van der Waals surface area contributed by atoms with Crippen LogP contribution in [0.4, 0.5) is 0 Å². The average Bonchev–Trinajstić information content (AvgIpc) is 2.36. The molecule has 1 rings (SSSR count). The number of nitrogens with one attached hydrogen (secondary N) is 1. The van der Waals surface area contributed by atoms with Gasteiger partial charge in [-0.2, -0.15) is 0 Å². The Morgan fingerprint density at radius 1 is 1.33 bits per heavy atom. The Labute approximate surface area is 106 Å². The third-order valence-electron chi connectivity index (χ3n) is 2.40. The van der Waals surface area contributed by atoms with Crippen molar-refractivity contribution in [3.8, 4) is 0 Å². The molecule has 0 bridgehead atoms. The molecule has 5 heteroatoms. The standard InChI is InChI=1S/C13H17NO4/c1-3-18-9(2)8-14-12(15)10-6-4-5-7-11(10)13(16)17/h4-7,9H,3,8H2,1-2H3,(H,14,15)(H,16,17). The number of hydrogen-bond acceptors (Lipinski definition) is 3. The molecule has 1 atom stereocenters. The van der Waals surface area contributed by atoms with Crippen LogP contribution in [-0.4, -0.2) is 36.2 Å². The maximum Gasteiger partial charge on any atom is 0.336 e. The lowest BCUT2D eigenvalue weighted by molar-refractivity contribution is 0.0674. The molecule has 1 amide bonds. The van der Waals surface area contributed by atoms with Gasteiger partial charge in [0, 0.05) is 13.2 Å². The van der Waals surface area contributed by atoms with Gasteiger partial charge in [-0.3, -0.25) is 4.79 Å². The SMILES string of the molecule is CCOC(C)CNC(=O)c1ccccc1C(=O)O. The maximum absolute atomic E-state index is 11.8. The zero-order valence-electron chi connectivity index (χ0n) is 10.5. The molecule has 0 aliphatic heterocycles. The summed E-state index contributed by atoms with van der Waals surface area (Å²) in [4.78, 5) is 22.8. The highest BCUT2D eigenvalue weighted by atomic mass is 16.5. The number of benzene rings is 1. The van der Waals surface area contributed by atoms with Crippen LogP contribution >= 0.6 is 0 Å². The number of hydrogen-bond donors (Lipinski definition) is 2. The van der Waals surface area contributed by atoms with Crippen LogP contribution < -0.4 is 5.32 Å². The summed E-state index contributed by atoms with van der Waals surface area (Å²) < 4.78 is 5.27. The molecule has 2 N–H and O–H groups in total. The van der Waals surface area contributed by atoms with Crippen molar-refractivity contribution in [2.75, 3.05) is 13.2 Å². The quantitative estimate of drug-likeness (QED) is 0.804. The van der Waals surface area contributed by atoms with E-state index in [0.717, 1.165) is 0 Å². The average molecular weight is 251 g/mol. The highest BCUT2D eigenvalue weighted by Crippen LogP contribution is 2.08. The summed E-state index contributed by atoms with van der Waals surface area (Å²) in [6.07, 6.45) is -0.101. The van der Waals surface area contributed by atoms with Crippen LogP contribution in [0.2, 0.25) is 0 Å². The predicted octanol–water partition coefficient (Wildman–Crippen LogP) is 1.54. The monoisotopic (exact) mass is 251 g/mol. The largest absolute Gasteiger partial charge is 0.478 e. The number of amides is 1. The third kappa shape index (κ3) is 3.85. The van der Waals surface area contributed by atoms with Crippen molar-refractivity contribution in [2.45, 2.75) is 20.0 Å². The van der Waals surface area contributed by atoms with Gasteiger partial charge in [-0.15, -0.1) is 0 Å². The summed E-state index contributed by atoms with van der Waals surface area (Å²) in [6.45, 7) is 4.63. The number of ether oxygens (including phenoxy) is 1. The molecule has 5 nitrogen and oxygen atoms in total. The van der Waals surface area contributed by atoms with Crippen LogP contribution in [-0.2, 0) is 4.74 Å². The number of carboxylic acid groups (broad SMARTS) is 1. The lowest BCUT2D eigenvalue weighted by Gasteiger charge is -2.13. The van der Waals surface area contributed by atoms with E-state index in [1.54, 1.807) is 12.1 Å². The second-order valence-electron chi connectivity index (χ2n) is 3.83. The minimum Gasteiger partial charge on any atom is -0.478 e. The van der Waals surface area contributed by atoms with Crippen molar-refractivity contribution in [3.05, 3.63) is 35.4 Å². The first-order valence-electron chi connectivity index (χ1n) is 5.78. The molecule has 0 aromatic heterocycles. The Bertz CT molecular complexity index is 431. The second kappa shape index (κ2) is 6.76. The second-order valence-corrected chi connectivity index (χ2v) is 3.83. The van der Waals surface area contributed by atoms with Crippen molar-refractivity contribution in [1.82, 2.24) is 5.32 Å². The molecule has 0 aliphatic rings. The van der Waals surface area contributed by atoms with Crippen molar-refractivity contribution >= 4 is 11.9 Å². The lowest BCUT2D eigenvalue weighted by Crippen LogP contribution is -2.33. The van der Waals surface area contributed by atoms with E-state index in [9.17, 15) is 9.59 Å². The Kier molecular flexibility index (Phi) is 5.32. The molecule has 0 radical (unpaired) electrons.